The van der Waals surface area contributed by atoms with E-state index in [1.807, 2.05) is 30.5 Å². The minimum absolute atomic E-state index is 0.0967. The third kappa shape index (κ3) is 2.59. The predicted molar refractivity (Wildman–Crippen MR) is 73.1 cm³/mol. The van der Waals surface area contributed by atoms with Gasteiger partial charge in [-0.1, -0.05) is 0 Å². The van der Waals surface area contributed by atoms with Gasteiger partial charge < -0.3 is 10.2 Å². The SMILES string of the molecule is Cc1nn(C)c(CN2CCCNC(C)C2=O)c1Br. The molecule has 0 saturated carbocycles. The van der Waals surface area contributed by atoms with Crippen molar-refractivity contribution in [2.45, 2.75) is 32.9 Å². The third-order valence-electron chi connectivity index (χ3n) is 3.34. The summed E-state index contributed by atoms with van der Waals surface area (Å²) < 4.78 is 2.85. The van der Waals surface area contributed by atoms with E-state index in [0.717, 1.165) is 35.4 Å². The van der Waals surface area contributed by atoms with Gasteiger partial charge in [0.1, 0.15) is 0 Å². The molecule has 5 nitrogen and oxygen atoms in total. The Bertz CT molecular complexity index is 457. The van der Waals surface area contributed by atoms with Crippen LogP contribution in [0.25, 0.3) is 0 Å². The monoisotopic (exact) mass is 314 g/mol. The van der Waals surface area contributed by atoms with Gasteiger partial charge in [-0.2, -0.15) is 5.10 Å². The van der Waals surface area contributed by atoms with E-state index in [1.165, 1.54) is 0 Å². The van der Waals surface area contributed by atoms with Gasteiger partial charge in [-0.15, -0.1) is 0 Å². The highest BCUT2D eigenvalue weighted by atomic mass is 79.9. The zero-order chi connectivity index (χ0) is 13.3. The summed E-state index contributed by atoms with van der Waals surface area (Å²) in [7, 11) is 1.91. The second kappa shape index (κ2) is 5.40. The van der Waals surface area contributed by atoms with E-state index in [4.69, 9.17) is 0 Å². The summed E-state index contributed by atoms with van der Waals surface area (Å²) in [6.45, 7) is 6.19. The molecule has 18 heavy (non-hydrogen) atoms. The highest BCUT2D eigenvalue weighted by Crippen LogP contribution is 2.22. The first kappa shape index (κ1) is 13.5. The highest BCUT2D eigenvalue weighted by molar-refractivity contribution is 9.10. The Kier molecular flexibility index (Phi) is 4.07. The van der Waals surface area contributed by atoms with E-state index < -0.39 is 0 Å². The molecular weight excluding hydrogens is 296 g/mol. The number of halogens is 1. The van der Waals surface area contributed by atoms with E-state index >= 15 is 0 Å². The molecule has 1 saturated heterocycles. The van der Waals surface area contributed by atoms with Gasteiger partial charge in [0, 0.05) is 13.6 Å². The Labute approximate surface area is 116 Å². The largest absolute Gasteiger partial charge is 0.335 e. The molecule has 1 atom stereocenters. The van der Waals surface area contributed by atoms with Gasteiger partial charge in [0.15, 0.2) is 0 Å². The van der Waals surface area contributed by atoms with Crippen molar-refractivity contribution in [3.63, 3.8) is 0 Å². The van der Waals surface area contributed by atoms with Gasteiger partial charge in [0.2, 0.25) is 5.91 Å². The van der Waals surface area contributed by atoms with Crippen LogP contribution in [0.2, 0.25) is 0 Å². The second-order valence-corrected chi connectivity index (χ2v) is 5.55. The van der Waals surface area contributed by atoms with Crippen molar-refractivity contribution in [3.05, 3.63) is 15.9 Å². The van der Waals surface area contributed by atoms with Crippen molar-refractivity contribution < 1.29 is 4.79 Å². The van der Waals surface area contributed by atoms with Crippen molar-refractivity contribution in [2.75, 3.05) is 13.1 Å². The molecule has 0 bridgehead atoms. The van der Waals surface area contributed by atoms with Crippen LogP contribution in [0, 0.1) is 6.92 Å². The van der Waals surface area contributed by atoms with Gasteiger partial charge in [-0.3, -0.25) is 9.48 Å². The van der Waals surface area contributed by atoms with Crippen LogP contribution in [0.15, 0.2) is 4.47 Å². The minimum Gasteiger partial charge on any atom is -0.335 e. The summed E-state index contributed by atoms with van der Waals surface area (Å²) in [5, 5.41) is 7.58. The smallest absolute Gasteiger partial charge is 0.239 e. The fourth-order valence-electron chi connectivity index (χ4n) is 2.25. The highest BCUT2D eigenvalue weighted by Gasteiger charge is 2.25. The molecule has 1 N–H and O–H groups in total. The van der Waals surface area contributed by atoms with Gasteiger partial charge in [-0.05, 0) is 42.7 Å². The molecule has 6 heteroatoms. The maximum absolute atomic E-state index is 12.2. The summed E-state index contributed by atoms with van der Waals surface area (Å²) >= 11 is 3.55. The first-order valence-electron chi connectivity index (χ1n) is 6.21. The van der Waals surface area contributed by atoms with Crippen molar-refractivity contribution in [1.82, 2.24) is 20.0 Å². The number of hydrogen-bond acceptors (Lipinski definition) is 3. The lowest BCUT2D eigenvalue weighted by Crippen LogP contribution is -2.41. The average molecular weight is 315 g/mol. The summed E-state index contributed by atoms with van der Waals surface area (Å²) in [6.07, 6.45) is 0.991. The van der Waals surface area contributed by atoms with Gasteiger partial charge in [-0.25, -0.2) is 0 Å². The minimum atomic E-state index is -0.0967. The van der Waals surface area contributed by atoms with Crippen molar-refractivity contribution >= 4 is 21.8 Å². The first-order valence-corrected chi connectivity index (χ1v) is 7.00. The van der Waals surface area contributed by atoms with Gasteiger partial charge in [0.25, 0.3) is 0 Å². The molecule has 0 radical (unpaired) electrons. The molecule has 0 spiro atoms. The maximum Gasteiger partial charge on any atom is 0.239 e. The molecule has 2 heterocycles. The molecule has 1 aliphatic rings. The molecule has 1 aliphatic heterocycles. The summed E-state index contributed by atoms with van der Waals surface area (Å²) in [5.41, 5.74) is 2.01. The van der Waals surface area contributed by atoms with Crippen LogP contribution in [0.1, 0.15) is 24.7 Å². The molecule has 0 aliphatic carbocycles. The normalized spacial score (nSPS) is 21.2. The molecule has 1 amide bonds. The van der Waals surface area contributed by atoms with E-state index in [-0.39, 0.29) is 11.9 Å². The molecule has 100 valence electrons. The Morgan fingerprint density at radius 3 is 2.89 bits per heavy atom. The number of carbonyl (C=O) groups excluding carboxylic acids is 1. The summed E-state index contributed by atoms with van der Waals surface area (Å²) in [4.78, 5) is 14.1. The summed E-state index contributed by atoms with van der Waals surface area (Å²) in [6, 6.07) is -0.0967. The molecule has 2 rings (SSSR count). The number of amides is 1. The second-order valence-electron chi connectivity index (χ2n) is 4.76. The topological polar surface area (TPSA) is 50.2 Å². The van der Waals surface area contributed by atoms with Crippen LogP contribution in [0.5, 0.6) is 0 Å². The van der Waals surface area contributed by atoms with Crippen LogP contribution >= 0.6 is 15.9 Å². The number of nitrogens with zero attached hydrogens (tertiary/aromatic N) is 3. The zero-order valence-corrected chi connectivity index (χ0v) is 12.6. The Balaban J connectivity index is 2.19. The molecular formula is C12H19BrN4O. The van der Waals surface area contributed by atoms with E-state index in [1.54, 1.807) is 0 Å². The zero-order valence-electron chi connectivity index (χ0n) is 11.0. The Morgan fingerprint density at radius 2 is 2.28 bits per heavy atom. The molecule has 1 unspecified atom stereocenters. The lowest BCUT2D eigenvalue weighted by molar-refractivity contribution is -0.132. The number of hydrogen-bond donors (Lipinski definition) is 1. The van der Waals surface area contributed by atoms with E-state index in [9.17, 15) is 4.79 Å². The molecule has 0 aromatic carbocycles. The van der Waals surface area contributed by atoms with Gasteiger partial charge >= 0.3 is 0 Å². The van der Waals surface area contributed by atoms with Crippen molar-refractivity contribution in [1.29, 1.82) is 0 Å². The lowest BCUT2D eigenvalue weighted by Gasteiger charge is -2.22. The number of aryl methyl sites for hydroxylation is 2. The van der Waals surface area contributed by atoms with Crippen LogP contribution < -0.4 is 5.32 Å². The van der Waals surface area contributed by atoms with Crippen LogP contribution in [0.4, 0.5) is 0 Å². The number of nitrogens with one attached hydrogen (secondary N) is 1. The maximum atomic E-state index is 12.2. The quantitative estimate of drug-likeness (QED) is 0.892. The predicted octanol–water partition coefficient (Wildman–Crippen LogP) is 1.20. The Morgan fingerprint density at radius 1 is 1.56 bits per heavy atom. The third-order valence-corrected chi connectivity index (χ3v) is 4.37. The molecule has 1 fully saturated rings. The van der Waals surface area contributed by atoms with E-state index in [2.05, 4.69) is 26.3 Å². The van der Waals surface area contributed by atoms with Crippen LogP contribution in [-0.2, 0) is 18.4 Å². The van der Waals surface area contributed by atoms with Crippen molar-refractivity contribution in [3.8, 4) is 0 Å². The lowest BCUT2D eigenvalue weighted by atomic mass is 10.2. The number of carbonyl (C=O) groups is 1. The van der Waals surface area contributed by atoms with Gasteiger partial charge in [0.05, 0.1) is 28.4 Å². The number of aromatic nitrogens is 2. The standard InChI is InChI=1S/C12H19BrN4O/c1-8-11(13)10(16(3)15-8)7-17-6-4-5-14-9(2)12(17)18/h9,14H,4-7H2,1-3H3. The van der Waals surface area contributed by atoms with E-state index in [0.29, 0.717) is 6.54 Å². The first-order chi connectivity index (χ1) is 8.50. The van der Waals surface area contributed by atoms with Crippen molar-refractivity contribution in [2.24, 2.45) is 7.05 Å². The Hall–Kier alpha value is -0.880. The molecule has 1 aromatic heterocycles. The van der Waals surface area contributed by atoms with Crippen LogP contribution in [0.3, 0.4) is 0 Å². The summed E-state index contributed by atoms with van der Waals surface area (Å²) in [5.74, 6) is 0.165. The fraction of sp³-hybridized carbons (Fsp3) is 0.667. The number of rotatable bonds is 2. The average Bonchev–Trinajstić information content (AvgIpc) is 2.49. The molecule has 1 aromatic rings. The fourth-order valence-corrected chi connectivity index (χ4v) is 2.71. The van der Waals surface area contributed by atoms with Crippen LogP contribution in [-0.4, -0.2) is 39.7 Å².